The Bertz CT molecular complexity index is 843. The summed E-state index contributed by atoms with van der Waals surface area (Å²) in [6, 6.07) is 12.0. The summed E-state index contributed by atoms with van der Waals surface area (Å²) in [5, 5.41) is 7.80. The molecular formula is C17H18N2O3S. The number of nitrogens with two attached hydrogens (primary N) is 1. The standard InChI is InChI=1S/C17H18N2O3S/c18-23(21,22)16-8-6-15(7-9-16)19-17(20)11-12-4-5-13-2-1-3-14(13)10-12/h4-10H,1-3,11H2,(H,19,20)(H2,18,21,22). The van der Waals surface area contributed by atoms with Crippen LogP contribution in [0.4, 0.5) is 5.69 Å². The maximum Gasteiger partial charge on any atom is 0.238 e. The SMILES string of the molecule is NS(=O)(=O)c1ccc(NC(=O)Cc2ccc3c(c2)CCC3)cc1. The molecule has 0 aromatic heterocycles. The van der Waals surface area contributed by atoms with Gasteiger partial charge in [0.05, 0.1) is 11.3 Å². The average Bonchev–Trinajstić information content (AvgIpc) is 2.94. The third-order valence-electron chi connectivity index (χ3n) is 3.99. The zero-order valence-electron chi connectivity index (χ0n) is 12.6. The predicted octanol–water partition coefficient (Wildman–Crippen LogP) is 2.00. The number of rotatable bonds is 4. The molecule has 2 aromatic carbocycles. The maximum atomic E-state index is 12.1. The van der Waals surface area contributed by atoms with Crippen LogP contribution in [-0.4, -0.2) is 14.3 Å². The van der Waals surface area contributed by atoms with Gasteiger partial charge in [0.2, 0.25) is 15.9 Å². The Morgan fingerprint density at radius 3 is 2.43 bits per heavy atom. The number of amides is 1. The number of hydrogen-bond acceptors (Lipinski definition) is 3. The van der Waals surface area contributed by atoms with Crippen LogP contribution >= 0.6 is 0 Å². The van der Waals surface area contributed by atoms with E-state index in [9.17, 15) is 13.2 Å². The van der Waals surface area contributed by atoms with E-state index in [1.54, 1.807) is 0 Å². The number of benzene rings is 2. The van der Waals surface area contributed by atoms with Crippen LogP contribution in [0.25, 0.3) is 0 Å². The monoisotopic (exact) mass is 330 g/mol. The van der Waals surface area contributed by atoms with Crippen LogP contribution < -0.4 is 10.5 Å². The van der Waals surface area contributed by atoms with Crippen LogP contribution in [0.1, 0.15) is 23.1 Å². The van der Waals surface area contributed by atoms with Gasteiger partial charge in [0.1, 0.15) is 0 Å². The molecule has 0 fully saturated rings. The lowest BCUT2D eigenvalue weighted by Crippen LogP contribution is -2.15. The minimum atomic E-state index is -3.72. The number of aryl methyl sites for hydroxylation is 2. The summed E-state index contributed by atoms with van der Waals surface area (Å²) in [5.74, 6) is -0.133. The molecule has 0 radical (unpaired) electrons. The quantitative estimate of drug-likeness (QED) is 0.898. The van der Waals surface area contributed by atoms with Gasteiger partial charge in [0, 0.05) is 5.69 Å². The minimum Gasteiger partial charge on any atom is -0.326 e. The molecule has 0 unspecified atom stereocenters. The van der Waals surface area contributed by atoms with Crippen LogP contribution in [0.5, 0.6) is 0 Å². The van der Waals surface area contributed by atoms with Gasteiger partial charge in [0.15, 0.2) is 0 Å². The van der Waals surface area contributed by atoms with Crippen molar-refractivity contribution in [3.63, 3.8) is 0 Å². The second-order valence-corrected chi connectivity index (χ2v) is 7.31. The van der Waals surface area contributed by atoms with Crippen molar-refractivity contribution in [1.82, 2.24) is 0 Å². The van der Waals surface area contributed by atoms with E-state index in [0.717, 1.165) is 18.4 Å². The third-order valence-corrected chi connectivity index (χ3v) is 4.92. The van der Waals surface area contributed by atoms with E-state index in [4.69, 9.17) is 5.14 Å². The molecule has 0 saturated heterocycles. The van der Waals surface area contributed by atoms with E-state index < -0.39 is 10.0 Å². The Hall–Kier alpha value is -2.18. The highest BCUT2D eigenvalue weighted by atomic mass is 32.2. The van der Waals surface area contributed by atoms with Crippen molar-refractivity contribution in [2.75, 3.05) is 5.32 Å². The first-order valence-electron chi connectivity index (χ1n) is 7.45. The summed E-state index contributed by atoms with van der Waals surface area (Å²) >= 11 is 0. The molecule has 3 N–H and O–H groups in total. The average molecular weight is 330 g/mol. The Morgan fingerprint density at radius 1 is 1.04 bits per heavy atom. The van der Waals surface area contributed by atoms with Gasteiger partial charge in [-0.2, -0.15) is 0 Å². The molecular weight excluding hydrogens is 312 g/mol. The van der Waals surface area contributed by atoms with Gasteiger partial charge in [-0.05, 0) is 60.2 Å². The topological polar surface area (TPSA) is 89.3 Å². The smallest absolute Gasteiger partial charge is 0.238 e. The number of hydrogen-bond donors (Lipinski definition) is 2. The molecule has 0 saturated carbocycles. The summed E-state index contributed by atoms with van der Waals surface area (Å²) in [4.78, 5) is 12.1. The highest BCUT2D eigenvalue weighted by Gasteiger charge is 2.13. The van der Waals surface area contributed by atoms with Crippen LogP contribution in [0.3, 0.4) is 0 Å². The van der Waals surface area contributed by atoms with E-state index >= 15 is 0 Å². The van der Waals surface area contributed by atoms with E-state index in [1.807, 2.05) is 6.07 Å². The van der Waals surface area contributed by atoms with Crippen molar-refractivity contribution in [2.45, 2.75) is 30.6 Å². The molecule has 0 bridgehead atoms. The molecule has 6 heteroatoms. The van der Waals surface area contributed by atoms with E-state index in [2.05, 4.69) is 17.4 Å². The minimum absolute atomic E-state index is 0.0223. The van der Waals surface area contributed by atoms with Gasteiger partial charge in [0.25, 0.3) is 0 Å². The number of sulfonamides is 1. The van der Waals surface area contributed by atoms with Gasteiger partial charge in [-0.15, -0.1) is 0 Å². The lowest BCUT2D eigenvalue weighted by Gasteiger charge is -2.07. The fourth-order valence-corrected chi connectivity index (χ4v) is 3.37. The summed E-state index contributed by atoms with van der Waals surface area (Å²) in [7, 11) is -3.72. The maximum absolute atomic E-state index is 12.1. The molecule has 23 heavy (non-hydrogen) atoms. The summed E-state index contributed by atoms with van der Waals surface area (Å²) in [6.07, 6.45) is 3.68. The molecule has 120 valence electrons. The van der Waals surface area contributed by atoms with Gasteiger partial charge in [-0.3, -0.25) is 4.79 Å². The second-order valence-electron chi connectivity index (χ2n) is 5.75. The molecule has 0 aliphatic heterocycles. The largest absolute Gasteiger partial charge is 0.326 e. The van der Waals surface area contributed by atoms with E-state index in [-0.39, 0.29) is 10.8 Å². The fourth-order valence-electron chi connectivity index (χ4n) is 2.85. The van der Waals surface area contributed by atoms with Crippen LogP contribution in [-0.2, 0) is 34.1 Å². The number of carbonyl (C=O) groups excluding carboxylic acids is 1. The molecule has 5 nitrogen and oxygen atoms in total. The van der Waals surface area contributed by atoms with Crippen molar-refractivity contribution in [3.05, 3.63) is 59.2 Å². The highest BCUT2D eigenvalue weighted by Crippen LogP contribution is 2.23. The Labute approximate surface area is 135 Å². The Balaban J connectivity index is 1.65. The molecule has 0 heterocycles. The Kier molecular flexibility index (Phi) is 4.19. The zero-order chi connectivity index (χ0) is 16.4. The van der Waals surface area contributed by atoms with Gasteiger partial charge in [-0.25, -0.2) is 13.6 Å². The van der Waals surface area contributed by atoms with Crippen molar-refractivity contribution in [1.29, 1.82) is 0 Å². The van der Waals surface area contributed by atoms with Gasteiger partial charge < -0.3 is 5.32 Å². The molecule has 1 aliphatic carbocycles. The number of fused-ring (bicyclic) bond motifs is 1. The lowest BCUT2D eigenvalue weighted by molar-refractivity contribution is -0.115. The highest BCUT2D eigenvalue weighted by molar-refractivity contribution is 7.89. The molecule has 3 rings (SSSR count). The lowest BCUT2D eigenvalue weighted by atomic mass is 10.0. The first kappa shape index (κ1) is 15.7. The molecule has 0 atom stereocenters. The molecule has 0 spiro atoms. The van der Waals surface area contributed by atoms with Crippen molar-refractivity contribution in [2.24, 2.45) is 5.14 Å². The van der Waals surface area contributed by atoms with E-state index in [0.29, 0.717) is 12.1 Å². The van der Waals surface area contributed by atoms with Gasteiger partial charge in [-0.1, -0.05) is 18.2 Å². The van der Waals surface area contributed by atoms with Crippen LogP contribution in [0.2, 0.25) is 0 Å². The third kappa shape index (κ3) is 3.78. The number of anilines is 1. The molecule has 1 amide bonds. The molecule has 2 aromatic rings. The normalized spacial score (nSPS) is 13.6. The van der Waals surface area contributed by atoms with Crippen molar-refractivity contribution >= 4 is 21.6 Å². The number of carbonyl (C=O) groups is 1. The Morgan fingerprint density at radius 2 is 1.74 bits per heavy atom. The molecule has 1 aliphatic rings. The first-order chi connectivity index (χ1) is 10.9. The van der Waals surface area contributed by atoms with Crippen LogP contribution in [0, 0.1) is 0 Å². The van der Waals surface area contributed by atoms with Gasteiger partial charge >= 0.3 is 0 Å². The zero-order valence-corrected chi connectivity index (χ0v) is 13.4. The fraction of sp³-hybridized carbons (Fsp3) is 0.235. The van der Waals surface area contributed by atoms with Crippen LogP contribution in [0.15, 0.2) is 47.4 Å². The summed E-state index contributed by atoms with van der Waals surface area (Å²) in [6.45, 7) is 0. The second kappa shape index (κ2) is 6.14. The summed E-state index contributed by atoms with van der Waals surface area (Å²) in [5.41, 5.74) is 4.26. The van der Waals surface area contributed by atoms with Crippen molar-refractivity contribution in [3.8, 4) is 0 Å². The van der Waals surface area contributed by atoms with Crippen molar-refractivity contribution < 1.29 is 13.2 Å². The number of nitrogens with one attached hydrogen (secondary N) is 1. The first-order valence-corrected chi connectivity index (χ1v) is 9.00. The van der Waals surface area contributed by atoms with E-state index in [1.165, 1.54) is 41.8 Å². The summed E-state index contributed by atoms with van der Waals surface area (Å²) < 4.78 is 22.4. The number of primary sulfonamides is 1. The predicted molar refractivity (Wildman–Crippen MR) is 88.6 cm³/mol.